The van der Waals surface area contributed by atoms with Crippen molar-refractivity contribution < 1.29 is 8.42 Å². The molecule has 0 radical (unpaired) electrons. The van der Waals surface area contributed by atoms with Gasteiger partial charge in [0.2, 0.25) is 10.0 Å². The topological polar surface area (TPSA) is 82.0 Å². The Labute approximate surface area is 131 Å². The van der Waals surface area contributed by atoms with E-state index in [1.807, 2.05) is 12.1 Å². The molecule has 0 aromatic heterocycles. The number of sulfonamides is 1. The van der Waals surface area contributed by atoms with Gasteiger partial charge in [-0.25, -0.2) is 13.1 Å². The Morgan fingerprint density at radius 3 is 2.76 bits per heavy atom. The molecule has 0 unspecified atom stereocenters. The number of hydrogen-bond acceptors (Lipinski definition) is 4. The lowest BCUT2D eigenvalue weighted by Gasteiger charge is -2.15. The van der Waals surface area contributed by atoms with E-state index in [9.17, 15) is 8.42 Å². The first-order valence-corrected chi connectivity index (χ1v) is 7.90. The van der Waals surface area contributed by atoms with E-state index in [0.717, 1.165) is 25.1 Å². The zero-order valence-corrected chi connectivity index (χ0v) is 13.4. The summed E-state index contributed by atoms with van der Waals surface area (Å²) >= 11 is 0. The van der Waals surface area contributed by atoms with Crippen LogP contribution in [-0.2, 0) is 10.0 Å². The lowest BCUT2D eigenvalue weighted by Crippen LogP contribution is -2.29. The van der Waals surface area contributed by atoms with Gasteiger partial charge >= 0.3 is 0 Å². The van der Waals surface area contributed by atoms with Crippen LogP contribution in [0.25, 0.3) is 0 Å². The number of nitrogens with one attached hydrogen (secondary N) is 2. The third kappa shape index (κ3) is 4.55. The van der Waals surface area contributed by atoms with E-state index in [1.165, 1.54) is 18.2 Å². The molecule has 2 rings (SSSR count). The van der Waals surface area contributed by atoms with E-state index in [2.05, 4.69) is 10.0 Å². The fourth-order valence-electron chi connectivity index (χ4n) is 2.03. The van der Waals surface area contributed by atoms with Crippen molar-refractivity contribution in [2.75, 3.05) is 19.6 Å². The van der Waals surface area contributed by atoms with Crippen LogP contribution in [0.15, 0.2) is 34.7 Å². The maximum absolute atomic E-state index is 12.2. The average molecular weight is 328 g/mol. The molecule has 21 heavy (non-hydrogen) atoms. The second kappa shape index (κ2) is 7.57. The maximum atomic E-state index is 12.2. The first kappa shape index (κ1) is 17.7. The highest BCUT2D eigenvalue weighted by molar-refractivity contribution is 7.89. The van der Waals surface area contributed by atoms with Crippen LogP contribution in [0.3, 0.4) is 0 Å². The molecule has 0 atom stereocenters. The van der Waals surface area contributed by atoms with E-state index in [1.54, 1.807) is 6.92 Å². The number of nitrogens with zero attached hydrogens (tertiary/aromatic N) is 1. The quantitative estimate of drug-likeness (QED) is 0.821. The number of halogens is 1. The molecule has 114 valence electrons. The van der Waals surface area contributed by atoms with Gasteiger partial charge in [-0.2, -0.15) is 5.26 Å². The van der Waals surface area contributed by atoms with Crippen molar-refractivity contribution in [3.8, 4) is 6.07 Å². The number of aryl methyl sites for hydroxylation is 1. The summed E-state index contributed by atoms with van der Waals surface area (Å²) in [6.45, 7) is 3.73. The Morgan fingerprint density at radius 2 is 2.19 bits per heavy atom. The molecule has 1 aromatic carbocycles. The Hall–Kier alpha value is -1.39. The van der Waals surface area contributed by atoms with Crippen LogP contribution in [0.5, 0.6) is 0 Å². The number of rotatable bonds is 4. The van der Waals surface area contributed by atoms with Crippen LogP contribution < -0.4 is 10.0 Å². The molecule has 0 fully saturated rings. The maximum Gasteiger partial charge on any atom is 0.240 e. The highest BCUT2D eigenvalue weighted by Gasteiger charge is 2.15. The number of hydrogen-bond donors (Lipinski definition) is 2. The van der Waals surface area contributed by atoms with Gasteiger partial charge in [0, 0.05) is 13.1 Å². The minimum Gasteiger partial charge on any atom is -0.313 e. The van der Waals surface area contributed by atoms with Gasteiger partial charge < -0.3 is 5.32 Å². The zero-order valence-electron chi connectivity index (χ0n) is 11.7. The largest absolute Gasteiger partial charge is 0.313 e. The van der Waals surface area contributed by atoms with E-state index in [0.29, 0.717) is 17.7 Å². The Bertz CT molecular complexity index is 678. The first-order chi connectivity index (χ1) is 9.53. The van der Waals surface area contributed by atoms with Gasteiger partial charge in [-0.3, -0.25) is 0 Å². The van der Waals surface area contributed by atoms with E-state index >= 15 is 0 Å². The fourth-order valence-corrected chi connectivity index (χ4v) is 3.15. The molecule has 1 heterocycles. The second-order valence-corrected chi connectivity index (χ2v) is 6.50. The number of nitriles is 1. The molecular weight excluding hydrogens is 310 g/mol. The molecule has 1 aliphatic heterocycles. The molecule has 1 aromatic rings. The number of benzene rings is 1. The minimum absolute atomic E-state index is 0. The highest BCUT2D eigenvalue weighted by atomic mass is 35.5. The molecule has 5 nitrogen and oxygen atoms in total. The second-order valence-electron chi connectivity index (χ2n) is 4.73. The standard InChI is InChI=1S/C14H17N3O2S.ClH/c1-11-8-14(3-2-13(11)9-15)20(18,19)17-10-12-4-6-16-7-5-12;/h2-4,8,16-17H,5-7,10H2,1H3;1H. The molecule has 0 saturated heterocycles. The molecule has 0 aliphatic carbocycles. The average Bonchev–Trinajstić information content (AvgIpc) is 2.46. The molecule has 0 saturated carbocycles. The summed E-state index contributed by atoms with van der Waals surface area (Å²) in [5, 5.41) is 12.0. The summed E-state index contributed by atoms with van der Waals surface area (Å²) in [6, 6.07) is 6.55. The van der Waals surface area contributed by atoms with Crippen LogP contribution in [0, 0.1) is 18.3 Å². The van der Waals surface area contributed by atoms with Gasteiger partial charge in [0.1, 0.15) is 0 Å². The SMILES string of the molecule is Cc1cc(S(=O)(=O)NCC2=CCNCC2)ccc1C#N.Cl. The van der Waals surface area contributed by atoms with Crippen molar-refractivity contribution in [3.63, 3.8) is 0 Å². The molecule has 0 spiro atoms. The summed E-state index contributed by atoms with van der Waals surface area (Å²) in [5.41, 5.74) is 2.25. The van der Waals surface area contributed by atoms with Crippen LogP contribution in [0.1, 0.15) is 17.5 Å². The van der Waals surface area contributed by atoms with Gasteiger partial charge in [0.25, 0.3) is 0 Å². The van der Waals surface area contributed by atoms with Crippen molar-refractivity contribution >= 4 is 22.4 Å². The normalized spacial score (nSPS) is 14.8. The van der Waals surface area contributed by atoms with Crippen LogP contribution in [0.4, 0.5) is 0 Å². The minimum atomic E-state index is -3.53. The molecule has 0 amide bonds. The lowest BCUT2D eigenvalue weighted by atomic mass is 10.1. The predicted molar refractivity (Wildman–Crippen MR) is 83.9 cm³/mol. The molecular formula is C14H18ClN3O2S. The summed E-state index contributed by atoms with van der Waals surface area (Å²) in [5.74, 6) is 0. The summed E-state index contributed by atoms with van der Waals surface area (Å²) in [4.78, 5) is 0.198. The highest BCUT2D eigenvalue weighted by Crippen LogP contribution is 2.15. The lowest BCUT2D eigenvalue weighted by molar-refractivity contribution is 0.582. The summed E-state index contributed by atoms with van der Waals surface area (Å²) in [6.07, 6.45) is 2.87. The van der Waals surface area contributed by atoms with Crippen LogP contribution in [0.2, 0.25) is 0 Å². The Morgan fingerprint density at radius 1 is 1.43 bits per heavy atom. The first-order valence-electron chi connectivity index (χ1n) is 6.42. The molecule has 7 heteroatoms. The van der Waals surface area contributed by atoms with Gasteiger partial charge in [-0.15, -0.1) is 12.4 Å². The summed E-state index contributed by atoms with van der Waals surface area (Å²) in [7, 11) is -3.53. The van der Waals surface area contributed by atoms with Crippen molar-refractivity contribution in [2.45, 2.75) is 18.2 Å². The molecule has 0 bridgehead atoms. The molecule has 2 N–H and O–H groups in total. The van der Waals surface area contributed by atoms with Crippen LogP contribution in [-0.4, -0.2) is 28.1 Å². The monoisotopic (exact) mass is 327 g/mol. The fraction of sp³-hybridized carbons (Fsp3) is 0.357. The Kier molecular flexibility index (Phi) is 6.37. The van der Waals surface area contributed by atoms with Gasteiger partial charge in [-0.1, -0.05) is 11.6 Å². The zero-order chi connectivity index (χ0) is 14.6. The van der Waals surface area contributed by atoms with E-state index < -0.39 is 10.0 Å². The van der Waals surface area contributed by atoms with E-state index in [-0.39, 0.29) is 17.3 Å². The Balaban J connectivity index is 0.00000220. The smallest absolute Gasteiger partial charge is 0.240 e. The third-order valence-electron chi connectivity index (χ3n) is 3.28. The van der Waals surface area contributed by atoms with Crippen molar-refractivity contribution in [2.24, 2.45) is 0 Å². The van der Waals surface area contributed by atoms with E-state index in [4.69, 9.17) is 5.26 Å². The molecule has 1 aliphatic rings. The van der Waals surface area contributed by atoms with Gasteiger partial charge in [-0.05, 0) is 43.7 Å². The summed E-state index contributed by atoms with van der Waals surface area (Å²) < 4.78 is 27.0. The van der Waals surface area contributed by atoms with Gasteiger partial charge in [0.15, 0.2) is 0 Å². The van der Waals surface area contributed by atoms with Gasteiger partial charge in [0.05, 0.1) is 16.5 Å². The third-order valence-corrected chi connectivity index (χ3v) is 4.67. The van der Waals surface area contributed by atoms with Crippen LogP contribution >= 0.6 is 12.4 Å². The van der Waals surface area contributed by atoms with Crippen molar-refractivity contribution in [1.82, 2.24) is 10.0 Å². The van der Waals surface area contributed by atoms with Crippen molar-refractivity contribution in [3.05, 3.63) is 41.0 Å². The predicted octanol–water partition coefficient (Wildman–Crippen LogP) is 1.49. The van der Waals surface area contributed by atoms with Crippen molar-refractivity contribution in [1.29, 1.82) is 5.26 Å².